The molecule has 2 rings (SSSR count). The fourth-order valence-electron chi connectivity index (χ4n) is 3.04. The number of urea groups is 1. The summed E-state index contributed by atoms with van der Waals surface area (Å²) in [6.07, 6.45) is -3.48. The Bertz CT molecular complexity index is 658. The van der Waals surface area contributed by atoms with Gasteiger partial charge in [-0.05, 0) is 31.4 Å². The molecule has 1 unspecified atom stereocenters. The molecular weight excluding hydrogens is 351 g/mol. The van der Waals surface area contributed by atoms with Gasteiger partial charge in [0.25, 0.3) is 0 Å². The molecule has 0 saturated carbocycles. The third-order valence-corrected chi connectivity index (χ3v) is 4.61. The largest absolute Gasteiger partial charge is 0.416 e. The van der Waals surface area contributed by atoms with Gasteiger partial charge in [0, 0.05) is 25.2 Å². The highest BCUT2D eigenvalue weighted by Crippen LogP contribution is 2.37. The first-order valence-electron chi connectivity index (χ1n) is 8.23. The van der Waals surface area contributed by atoms with Crippen molar-refractivity contribution < 1.29 is 27.5 Å². The lowest BCUT2D eigenvalue weighted by Crippen LogP contribution is -2.51. The Hall–Kier alpha value is -2.29. The Kier molecular flexibility index (Phi) is 6.12. The fraction of sp³-hybridized carbons (Fsp3) is 0.529. The minimum absolute atomic E-state index is 0.140. The molecule has 1 saturated heterocycles. The Morgan fingerprint density at radius 3 is 2.54 bits per heavy atom. The van der Waals surface area contributed by atoms with Crippen molar-refractivity contribution in [1.82, 2.24) is 10.6 Å². The number of amides is 3. The summed E-state index contributed by atoms with van der Waals surface area (Å²) in [6, 6.07) is 3.49. The molecule has 1 aliphatic rings. The second-order valence-corrected chi connectivity index (χ2v) is 6.42. The van der Waals surface area contributed by atoms with E-state index in [1.807, 2.05) is 0 Å². The van der Waals surface area contributed by atoms with Crippen molar-refractivity contribution in [1.29, 1.82) is 0 Å². The van der Waals surface area contributed by atoms with Crippen LogP contribution in [0.15, 0.2) is 24.3 Å². The highest BCUT2D eigenvalue weighted by Gasteiger charge is 2.38. The Morgan fingerprint density at radius 2 is 1.96 bits per heavy atom. The van der Waals surface area contributed by atoms with Crippen LogP contribution in [0, 0.1) is 0 Å². The van der Waals surface area contributed by atoms with Gasteiger partial charge >= 0.3 is 12.2 Å². The van der Waals surface area contributed by atoms with Crippen molar-refractivity contribution in [2.24, 2.45) is 5.73 Å². The van der Waals surface area contributed by atoms with Crippen LogP contribution in [0.2, 0.25) is 0 Å². The second kappa shape index (κ2) is 7.94. The van der Waals surface area contributed by atoms with Gasteiger partial charge in [0.1, 0.15) is 6.04 Å². The summed E-state index contributed by atoms with van der Waals surface area (Å²) in [6.45, 7) is 2.39. The first-order valence-corrected chi connectivity index (χ1v) is 8.23. The molecule has 1 heterocycles. The smallest absolute Gasteiger partial charge is 0.381 e. The zero-order valence-electron chi connectivity index (χ0n) is 14.4. The maximum absolute atomic E-state index is 13.1. The monoisotopic (exact) mass is 373 g/mol. The lowest BCUT2D eigenvalue weighted by molar-refractivity contribution is -0.137. The number of nitrogens with two attached hydrogens (primary N) is 1. The van der Waals surface area contributed by atoms with Crippen LogP contribution in [0.4, 0.5) is 18.0 Å². The molecule has 144 valence electrons. The average Bonchev–Trinajstić information content (AvgIpc) is 2.59. The number of carbonyl (C=O) groups is 2. The molecule has 0 aliphatic carbocycles. The number of carbonyl (C=O) groups excluding carboxylic acids is 2. The minimum atomic E-state index is -4.44. The van der Waals surface area contributed by atoms with Crippen LogP contribution in [0.3, 0.4) is 0 Å². The van der Waals surface area contributed by atoms with Crippen LogP contribution in [-0.2, 0) is 21.1 Å². The molecule has 1 aromatic rings. The van der Waals surface area contributed by atoms with Crippen molar-refractivity contribution >= 4 is 11.9 Å². The van der Waals surface area contributed by atoms with Gasteiger partial charge in [-0.25, -0.2) is 4.79 Å². The lowest BCUT2D eigenvalue weighted by Gasteiger charge is -2.38. The van der Waals surface area contributed by atoms with Gasteiger partial charge in [0.15, 0.2) is 0 Å². The normalized spacial score (nSPS) is 18.0. The number of hydrogen-bond donors (Lipinski definition) is 3. The SMILES string of the molecule is CC(NC(N)=O)C(=O)NCC1(c2cccc(C(F)(F)F)c2)CCOCC1. The molecule has 4 N–H and O–H groups in total. The van der Waals surface area contributed by atoms with Crippen molar-refractivity contribution in [2.45, 2.75) is 37.4 Å². The van der Waals surface area contributed by atoms with Gasteiger partial charge in [0.2, 0.25) is 5.91 Å². The van der Waals surface area contributed by atoms with Gasteiger partial charge in [-0.15, -0.1) is 0 Å². The molecule has 0 bridgehead atoms. The van der Waals surface area contributed by atoms with Crippen LogP contribution < -0.4 is 16.4 Å². The van der Waals surface area contributed by atoms with Gasteiger partial charge in [-0.2, -0.15) is 13.2 Å². The average molecular weight is 373 g/mol. The standard InChI is InChI=1S/C17H22F3N3O3/c1-11(23-15(21)25)14(24)22-10-16(5-7-26-8-6-16)12-3-2-4-13(9-12)17(18,19)20/h2-4,9,11H,5-8,10H2,1H3,(H,22,24)(H3,21,23,25). The van der Waals surface area contributed by atoms with Gasteiger partial charge in [-0.3, -0.25) is 4.79 Å². The van der Waals surface area contributed by atoms with E-state index >= 15 is 0 Å². The summed E-state index contributed by atoms with van der Waals surface area (Å²) in [5.74, 6) is -0.457. The van der Waals surface area contributed by atoms with E-state index in [0.717, 1.165) is 12.1 Å². The van der Waals surface area contributed by atoms with Crippen molar-refractivity contribution in [3.8, 4) is 0 Å². The van der Waals surface area contributed by atoms with Gasteiger partial charge in [0.05, 0.1) is 5.56 Å². The first-order chi connectivity index (χ1) is 12.1. The maximum atomic E-state index is 13.1. The van der Waals surface area contributed by atoms with Crippen LogP contribution in [0.5, 0.6) is 0 Å². The van der Waals surface area contributed by atoms with Crippen molar-refractivity contribution in [3.05, 3.63) is 35.4 Å². The topological polar surface area (TPSA) is 93.5 Å². The van der Waals surface area contributed by atoms with Crippen molar-refractivity contribution in [2.75, 3.05) is 19.8 Å². The molecule has 26 heavy (non-hydrogen) atoms. The molecule has 0 aromatic heterocycles. The molecule has 6 nitrogen and oxygen atoms in total. The highest BCUT2D eigenvalue weighted by atomic mass is 19.4. The summed E-state index contributed by atoms with van der Waals surface area (Å²) in [4.78, 5) is 23.0. The Morgan fingerprint density at radius 1 is 1.31 bits per heavy atom. The van der Waals surface area contributed by atoms with E-state index in [0.29, 0.717) is 31.6 Å². The zero-order valence-corrected chi connectivity index (χ0v) is 14.4. The number of halogens is 3. The van der Waals surface area contributed by atoms with Gasteiger partial charge < -0.3 is 21.1 Å². The summed E-state index contributed by atoms with van der Waals surface area (Å²) in [5, 5.41) is 4.97. The predicted molar refractivity (Wildman–Crippen MR) is 88.4 cm³/mol. The van der Waals surface area contributed by atoms with E-state index in [9.17, 15) is 22.8 Å². The van der Waals surface area contributed by atoms with E-state index in [4.69, 9.17) is 10.5 Å². The highest BCUT2D eigenvalue weighted by molar-refractivity contribution is 5.86. The first kappa shape index (κ1) is 20.0. The van der Waals surface area contributed by atoms with E-state index in [1.165, 1.54) is 13.0 Å². The Labute approximate surface area is 149 Å². The van der Waals surface area contributed by atoms with E-state index in [2.05, 4.69) is 10.6 Å². The summed E-state index contributed by atoms with van der Waals surface area (Å²) in [7, 11) is 0. The number of rotatable bonds is 5. The molecule has 1 aromatic carbocycles. The molecular formula is C17H22F3N3O3. The lowest BCUT2D eigenvalue weighted by atomic mass is 9.73. The molecule has 0 radical (unpaired) electrons. The molecule has 9 heteroatoms. The van der Waals surface area contributed by atoms with Crippen LogP contribution in [-0.4, -0.2) is 37.7 Å². The molecule has 3 amide bonds. The molecule has 0 spiro atoms. The molecule has 1 fully saturated rings. The third kappa shape index (κ3) is 4.87. The molecule has 1 aliphatic heterocycles. The van der Waals surface area contributed by atoms with Crippen LogP contribution in [0.1, 0.15) is 30.9 Å². The number of alkyl halides is 3. The van der Waals surface area contributed by atoms with E-state index < -0.39 is 35.1 Å². The van der Waals surface area contributed by atoms with E-state index in [1.54, 1.807) is 6.07 Å². The van der Waals surface area contributed by atoms with Crippen LogP contribution >= 0.6 is 0 Å². The minimum Gasteiger partial charge on any atom is -0.381 e. The zero-order chi connectivity index (χ0) is 19.4. The molecule has 1 atom stereocenters. The van der Waals surface area contributed by atoms with Crippen LogP contribution in [0.25, 0.3) is 0 Å². The predicted octanol–water partition coefficient (Wildman–Crippen LogP) is 1.93. The summed E-state index contributed by atoms with van der Waals surface area (Å²) < 4.78 is 44.5. The van der Waals surface area contributed by atoms with E-state index in [-0.39, 0.29) is 6.54 Å². The second-order valence-electron chi connectivity index (χ2n) is 6.42. The number of hydrogen-bond acceptors (Lipinski definition) is 3. The number of nitrogens with one attached hydrogen (secondary N) is 2. The summed E-state index contributed by atoms with van der Waals surface area (Å²) >= 11 is 0. The van der Waals surface area contributed by atoms with Gasteiger partial charge in [-0.1, -0.05) is 18.2 Å². The number of ether oxygens (including phenoxy) is 1. The third-order valence-electron chi connectivity index (χ3n) is 4.61. The fourth-order valence-corrected chi connectivity index (χ4v) is 3.04. The summed E-state index contributed by atoms with van der Waals surface area (Å²) in [5.41, 5.74) is 4.11. The number of primary amides is 1. The Balaban J connectivity index is 2.21. The quantitative estimate of drug-likeness (QED) is 0.736. The number of benzene rings is 1. The van der Waals surface area contributed by atoms with Crippen molar-refractivity contribution in [3.63, 3.8) is 0 Å². The maximum Gasteiger partial charge on any atom is 0.416 e.